The number of amides is 1. The number of nitrogens with one attached hydrogen (secondary N) is 2. The van der Waals surface area contributed by atoms with Crippen LogP contribution in [0.2, 0.25) is 0 Å². The lowest BCUT2D eigenvalue weighted by Crippen LogP contribution is -2.24. The van der Waals surface area contributed by atoms with Crippen LogP contribution in [0.25, 0.3) is 0 Å². The maximum atomic E-state index is 11.8. The van der Waals surface area contributed by atoms with Crippen LogP contribution < -0.4 is 10.0 Å². The predicted octanol–water partition coefficient (Wildman–Crippen LogP) is 0.787. The highest BCUT2D eigenvalue weighted by atomic mass is 32.2. The zero-order chi connectivity index (χ0) is 13.6. The molecule has 1 amide bonds. The lowest BCUT2D eigenvalue weighted by Gasteiger charge is -2.07. The molecular formula is C12H16N2O3S. The summed E-state index contributed by atoms with van der Waals surface area (Å²) in [6, 6.07) is 6.42. The molecule has 0 saturated carbocycles. The summed E-state index contributed by atoms with van der Waals surface area (Å²) in [4.78, 5) is 11.2. The Hall–Kier alpha value is -1.66. The van der Waals surface area contributed by atoms with Gasteiger partial charge in [-0.05, 0) is 23.8 Å². The van der Waals surface area contributed by atoms with Gasteiger partial charge in [0.1, 0.15) is 0 Å². The van der Waals surface area contributed by atoms with E-state index in [0.717, 1.165) is 0 Å². The number of benzene rings is 1. The molecule has 5 nitrogen and oxygen atoms in total. The molecule has 18 heavy (non-hydrogen) atoms. The van der Waals surface area contributed by atoms with Gasteiger partial charge in [-0.25, -0.2) is 13.1 Å². The maximum Gasteiger partial charge on any atom is 0.243 e. The summed E-state index contributed by atoms with van der Waals surface area (Å²) in [6.45, 7) is 5.65. The second kappa shape index (κ2) is 6.32. The molecule has 0 fully saturated rings. The van der Waals surface area contributed by atoms with Crippen molar-refractivity contribution in [3.05, 3.63) is 42.5 Å². The molecule has 0 aliphatic carbocycles. The summed E-state index contributed by atoms with van der Waals surface area (Å²) in [5.74, 6) is -0.296. The van der Waals surface area contributed by atoms with Gasteiger partial charge in [0.05, 0.1) is 4.90 Å². The quantitative estimate of drug-likeness (QED) is 0.749. The minimum atomic E-state index is -3.46. The van der Waals surface area contributed by atoms with Gasteiger partial charge in [-0.3, -0.25) is 4.79 Å². The van der Waals surface area contributed by atoms with Gasteiger partial charge in [-0.2, -0.15) is 0 Å². The van der Waals surface area contributed by atoms with Crippen LogP contribution in [0.3, 0.4) is 0 Å². The molecule has 0 heterocycles. The van der Waals surface area contributed by atoms with Crippen molar-refractivity contribution in [3.63, 3.8) is 0 Å². The van der Waals surface area contributed by atoms with Gasteiger partial charge in [0.25, 0.3) is 0 Å². The summed E-state index contributed by atoms with van der Waals surface area (Å²) in [5, 5.41) is 2.59. The molecule has 0 radical (unpaired) electrons. The summed E-state index contributed by atoms with van der Waals surface area (Å²) in [6.07, 6.45) is 1.17. The number of carbonyl (C=O) groups is 1. The fourth-order valence-corrected chi connectivity index (χ4v) is 2.47. The van der Waals surface area contributed by atoms with Crippen molar-refractivity contribution in [2.24, 2.45) is 0 Å². The van der Waals surface area contributed by atoms with E-state index in [0.29, 0.717) is 12.1 Å². The summed E-state index contributed by atoms with van der Waals surface area (Å²) in [7, 11) is -3.46. The molecule has 2 N–H and O–H groups in total. The van der Waals surface area contributed by atoms with Crippen LogP contribution in [0.1, 0.15) is 12.5 Å². The average Bonchev–Trinajstić information content (AvgIpc) is 2.36. The van der Waals surface area contributed by atoms with Crippen molar-refractivity contribution >= 4 is 15.9 Å². The SMILES string of the molecule is C=CC(=O)NCc1cccc(S(=O)(=O)NCC)c1. The van der Waals surface area contributed by atoms with E-state index in [2.05, 4.69) is 16.6 Å². The van der Waals surface area contributed by atoms with Crippen LogP contribution in [-0.4, -0.2) is 20.9 Å². The minimum Gasteiger partial charge on any atom is -0.348 e. The highest BCUT2D eigenvalue weighted by molar-refractivity contribution is 7.89. The standard InChI is InChI=1S/C12H16N2O3S/c1-3-12(15)13-9-10-6-5-7-11(8-10)18(16,17)14-4-2/h3,5-8,14H,1,4,9H2,2H3,(H,13,15). The Morgan fingerprint density at radius 2 is 2.17 bits per heavy atom. The maximum absolute atomic E-state index is 11.8. The van der Waals surface area contributed by atoms with E-state index < -0.39 is 10.0 Å². The lowest BCUT2D eigenvalue weighted by molar-refractivity contribution is -0.116. The van der Waals surface area contributed by atoms with Gasteiger partial charge < -0.3 is 5.32 Å². The van der Waals surface area contributed by atoms with Crippen molar-refractivity contribution in [2.75, 3.05) is 6.54 Å². The van der Waals surface area contributed by atoms with Crippen LogP contribution >= 0.6 is 0 Å². The van der Waals surface area contributed by atoms with E-state index in [1.165, 1.54) is 18.2 Å². The van der Waals surface area contributed by atoms with Gasteiger partial charge in [-0.15, -0.1) is 0 Å². The summed E-state index contributed by atoms with van der Waals surface area (Å²) >= 11 is 0. The van der Waals surface area contributed by atoms with Gasteiger partial charge in [0.2, 0.25) is 15.9 Å². The topological polar surface area (TPSA) is 75.3 Å². The van der Waals surface area contributed by atoms with E-state index in [-0.39, 0.29) is 17.3 Å². The van der Waals surface area contributed by atoms with E-state index in [9.17, 15) is 13.2 Å². The molecule has 0 saturated heterocycles. The van der Waals surface area contributed by atoms with Crippen molar-refractivity contribution in [2.45, 2.75) is 18.4 Å². The first-order chi connectivity index (χ1) is 8.49. The van der Waals surface area contributed by atoms with Gasteiger partial charge in [0, 0.05) is 13.1 Å². The Morgan fingerprint density at radius 1 is 1.44 bits per heavy atom. The minimum absolute atomic E-state index is 0.190. The van der Waals surface area contributed by atoms with E-state index in [4.69, 9.17) is 0 Å². The third kappa shape index (κ3) is 3.97. The Kier molecular flexibility index (Phi) is 5.06. The Bertz CT molecular complexity index is 538. The first-order valence-electron chi connectivity index (χ1n) is 5.48. The van der Waals surface area contributed by atoms with Crippen LogP contribution in [0.15, 0.2) is 41.8 Å². The number of rotatable bonds is 6. The highest BCUT2D eigenvalue weighted by Crippen LogP contribution is 2.11. The van der Waals surface area contributed by atoms with Crippen LogP contribution in [0.5, 0.6) is 0 Å². The second-order valence-corrected chi connectivity index (χ2v) is 5.34. The highest BCUT2D eigenvalue weighted by Gasteiger charge is 2.12. The molecule has 0 bridgehead atoms. The summed E-state index contributed by atoms with van der Waals surface area (Å²) in [5.41, 5.74) is 0.712. The second-order valence-electron chi connectivity index (χ2n) is 3.57. The zero-order valence-electron chi connectivity index (χ0n) is 10.1. The predicted molar refractivity (Wildman–Crippen MR) is 69.3 cm³/mol. The number of sulfonamides is 1. The van der Waals surface area contributed by atoms with Gasteiger partial charge in [0.15, 0.2) is 0 Å². The Labute approximate surface area is 107 Å². The smallest absolute Gasteiger partial charge is 0.243 e. The largest absolute Gasteiger partial charge is 0.348 e. The third-order valence-corrected chi connectivity index (χ3v) is 3.74. The zero-order valence-corrected chi connectivity index (χ0v) is 11.0. The summed E-state index contributed by atoms with van der Waals surface area (Å²) < 4.78 is 25.9. The number of hydrogen-bond acceptors (Lipinski definition) is 3. The normalized spacial score (nSPS) is 10.9. The van der Waals surface area contributed by atoms with Crippen molar-refractivity contribution in [1.29, 1.82) is 0 Å². The monoisotopic (exact) mass is 268 g/mol. The first-order valence-corrected chi connectivity index (χ1v) is 6.96. The van der Waals surface area contributed by atoms with Crippen molar-refractivity contribution in [3.8, 4) is 0 Å². The number of carbonyl (C=O) groups excluding carboxylic acids is 1. The fraction of sp³-hybridized carbons (Fsp3) is 0.250. The number of hydrogen-bond donors (Lipinski definition) is 2. The van der Waals surface area contributed by atoms with Crippen LogP contribution in [0.4, 0.5) is 0 Å². The molecule has 0 aromatic heterocycles. The molecule has 1 aromatic rings. The van der Waals surface area contributed by atoms with E-state index >= 15 is 0 Å². The van der Waals surface area contributed by atoms with Gasteiger partial charge >= 0.3 is 0 Å². The molecule has 0 atom stereocenters. The average molecular weight is 268 g/mol. The molecule has 6 heteroatoms. The van der Waals surface area contributed by atoms with Crippen molar-refractivity contribution < 1.29 is 13.2 Å². The molecule has 0 unspecified atom stereocenters. The Morgan fingerprint density at radius 3 is 2.78 bits per heavy atom. The van der Waals surface area contributed by atoms with Crippen LogP contribution in [-0.2, 0) is 21.4 Å². The lowest BCUT2D eigenvalue weighted by atomic mass is 10.2. The molecule has 0 aliphatic rings. The first kappa shape index (κ1) is 14.4. The molecule has 0 spiro atoms. The molecule has 98 valence electrons. The molecule has 1 aromatic carbocycles. The Balaban J connectivity index is 2.86. The third-order valence-electron chi connectivity index (χ3n) is 2.20. The van der Waals surface area contributed by atoms with Crippen LogP contribution in [0, 0.1) is 0 Å². The molecule has 0 aliphatic heterocycles. The van der Waals surface area contributed by atoms with Gasteiger partial charge in [-0.1, -0.05) is 25.6 Å². The van der Waals surface area contributed by atoms with E-state index in [1.807, 2.05) is 0 Å². The molecule has 1 rings (SSSR count). The van der Waals surface area contributed by atoms with Crippen molar-refractivity contribution in [1.82, 2.24) is 10.0 Å². The molecular weight excluding hydrogens is 252 g/mol. The van der Waals surface area contributed by atoms with E-state index in [1.54, 1.807) is 19.1 Å². The fourth-order valence-electron chi connectivity index (χ4n) is 1.36.